The van der Waals surface area contributed by atoms with Crippen LogP contribution in [0.15, 0.2) is 28.7 Å². The molecule has 0 aliphatic carbocycles. The zero-order chi connectivity index (χ0) is 12.6. The Balaban J connectivity index is 2.27. The van der Waals surface area contributed by atoms with Crippen molar-refractivity contribution in [1.82, 2.24) is 5.32 Å². The van der Waals surface area contributed by atoms with E-state index in [0.717, 1.165) is 16.6 Å². The Morgan fingerprint density at radius 3 is 2.47 bits per heavy atom. The third kappa shape index (κ3) is 2.45. The Morgan fingerprint density at radius 2 is 1.94 bits per heavy atom. The molecule has 1 aromatic rings. The average molecular weight is 296 g/mol. The number of carbonyl (C=O) groups excluding carboxylic acids is 1. The number of carbonyl (C=O) groups is 1. The van der Waals surface area contributed by atoms with Gasteiger partial charge in [0, 0.05) is 16.9 Å². The highest BCUT2D eigenvalue weighted by Gasteiger charge is 2.41. The summed E-state index contributed by atoms with van der Waals surface area (Å²) in [4.78, 5) is 12.4. The second-order valence-electron chi connectivity index (χ2n) is 5.68. The van der Waals surface area contributed by atoms with Crippen LogP contribution in [0.3, 0.4) is 0 Å². The molecule has 1 aliphatic rings. The van der Waals surface area contributed by atoms with Crippen molar-refractivity contribution in [3.63, 3.8) is 0 Å². The Labute approximate surface area is 111 Å². The summed E-state index contributed by atoms with van der Waals surface area (Å²) in [6, 6.07) is 7.77. The second-order valence-corrected chi connectivity index (χ2v) is 6.54. The van der Waals surface area contributed by atoms with E-state index in [0.29, 0.717) is 5.78 Å². The molecule has 1 aromatic carbocycles. The molecular formula is C14H18BrNO. The topological polar surface area (TPSA) is 29.1 Å². The van der Waals surface area contributed by atoms with E-state index in [2.05, 4.69) is 42.0 Å². The standard InChI is InChI=1S/C14H18BrNO/c1-14(2,3)10-8-16-12(13(10)17)9-6-4-5-7-11(9)15/h4-7,10,12,16H,8H2,1-3H3. The molecule has 0 amide bonds. The molecule has 2 unspecified atom stereocenters. The molecule has 3 heteroatoms. The summed E-state index contributed by atoms with van der Waals surface area (Å²) in [5.74, 6) is 0.406. The fourth-order valence-corrected chi connectivity index (χ4v) is 2.86. The molecule has 0 radical (unpaired) electrons. The summed E-state index contributed by atoms with van der Waals surface area (Å²) in [5, 5.41) is 3.34. The van der Waals surface area contributed by atoms with Crippen LogP contribution in [-0.4, -0.2) is 12.3 Å². The first-order chi connectivity index (χ1) is 7.91. The SMILES string of the molecule is CC(C)(C)C1CNC(c2ccccc2Br)C1=O. The lowest BCUT2D eigenvalue weighted by Crippen LogP contribution is -2.27. The maximum absolute atomic E-state index is 12.4. The minimum atomic E-state index is -0.158. The van der Waals surface area contributed by atoms with Crippen molar-refractivity contribution in [3.8, 4) is 0 Å². The Morgan fingerprint density at radius 1 is 1.29 bits per heavy atom. The molecule has 0 aromatic heterocycles. The fraction of sp³-hybridized carbons (Fsp3) is 0.500. The van der Waals surface area contributed by atoms with Crippen LogP contribution in [0.25, 0.3) is 0 Å². The molecule has 1 fully saturated rings. The van der Waals surface area contributed by atoms with Crippen LogP contribution >= 0.6 is 15.9 Å². The monoisotopic (exact) mass is 295 g/mol. The van der Waals surface area contributed by atoms with Gasteiger partial charge in [-0.2, -0.15) is 0 Å². The molecule has 0 bridgehead atoms. The average Bonchev–Trinajstić information content (AvgIpc) is 2.60. The lowest BCUT2D eigenvalue weighted by Gasteiger charge is -2.24. The number of halogens is 1. The number of nitrogens with one attached hydrogen (secondary N) is 1. The van der Waals surface area contributed by atoms with Crippen molar-refractivity contribution in [2.75, 3.05) is 6.54 Å². The van der Waals surface area contributed by atoms with Gasteiger partial charge in [0.15, 0.2) is 5.78 Å². The van der Waals surface area contributed by atoms with Crippen molar-refractivity contribution >= 4 is 21.7 Å². The van der Waals surface area contributed by atoms with Crippen LogP contribution in [0, 0.1) is 11.3 Å². The van der Waals surface area contributed by atoms with Crippen molar-refractivity contribution in [1.29, 1.82) is 0 Å². The molecule has 1 aliphatic heterocycles. The summed E-state index contributed by atoms with van der Waals surface area (Å²) in [6.07, 6.45) is 0. The van der Waals surface area contributed by atoms with Gasteiger partial charge in [0.05, 0.1) is 6.04 Å². The van der Waals surface area contributed by atoms with E-state index < -0.39 is 0 Å². The van der Waals surface area contributed by atoms with Crippen molar-refractivity contribution < 1.29 is 4.79 Å². The van der Waals surface area contributed by atoms with Gasteiger partial charge >= 0.3 is 0 Å². The quantitative estimate of drug-likeness (QED) is 0.861. The van der Waals surface area contributed by atoms with Gasteiger partial charge in [-0.25, -0.2) is 0 Å². The zero-order valence-electron chi connectivity index (χ0n) is 10.5. The molecule has 92 valence electrons. The second kappa shape index (κ2) is 4.54. The Hall–Kier alpha value is -0.670. The molecule has 1 heterocycles. The highest BCUT2D eigenvalue weighted by molar-refractivity contribution is 9.10. The minimum Gasteiger partial charge on any atom is -0.303 e. The number of rotatable bonds is 1. The van der Waals surface area contributed by atoms with Crippen molar-refractivity contribution in [2.45, 2.75) is 26.8 Å². The van der Waals surface area contributed by atoms with Gasteiger partial charge in [-0.3, -0.25) is 4.79 Å². The Bertz CT molecular complexity index is 436. The molecule has 2 nitrogen and oxygen atoms in total. The number of ketones is 1. The van der Waals surface area contributed by atoms with E-state index in [9.17, 15) is 4.79 Å². The van der Waals surface area contributed by atoms with Crippen LogP contribution in [0.5, 0.6) is 0 Å². The minimum absolute atomic E-state index is 0.0279. The van der Waals surface area contributed by atoms with Gasteiger partial charge in [-0.05, 0) is 17.0 Å². The molecule has 1 saturated heterocycles. The molecule has 0 spiro atoms. The third-order valence-electron chi connectivity index (χ3n) is 3.42. The Kier molecular flexibility index (Phi) is 3.41. The van der Waals surface area contributed by atoms with Crippen LogP contribution in [0.2, 0.25) is 0 Å². The predicted molar refractivity (Wildman–Crippen MR) is 72.8 cm³/mol. The van der Waals surface area contributed by atoms with E-state index in [4.69, 9.17) is 0 Å². The molecule has 2 rings (SSSR count). The maximum atomic E-state index is 12.4. The molecular weight excluding hydrogens is 278 g/mol. The summed E-state index contributed by atoms with van der Waals surface area (Å²) in [6.45, 7) is 7.15. The van der Waals surface area contributed by atoms with Crippen LogP contribution in [0.4, 0.5) is 0 Å². The highest BCUT2D eigenvalue weighted by atomic mass is 79.9. The van der Waals surface area contributed by atoms with Gasteiger partial charge < -0.3 is 5.32 Å². The van der Waals surface area contributed by atoms with Gasteiger partial charge in [0.25, 0.3) is 0 Å². The van der Waals surface area contributed by atoms with Crippen molar-refractivity contribution in [2.24, 2.45) is 11.3 Å². The smallest absolute Gasteiger partial charge is 0.159 e. The van der Waals surface area contributed by atoms with Gasteiger partial charge in [-0.15, -0.1) is 0 Å². The fourth-order valence-electron chi connectivity index (χ4n) is 2.34. The maximum Gasteiger partial charge on any atom is 0.159 e. The van der Waals surface area contributed by atoms with Crippen LogP contribution in [-0.2, 0) is 4.79 Å². The molecule has 2 atom stereocenters. The van der Waals surface area contributed by atoms with Crippen LogP contribution in [0.1, 0.15) is 32.4 Å². The summed E-state index contributed by atoms with van der Waals surface area (Å²) >= 11 is 3.51. The van der Waals surface area contributed by atoms with E-state index in [1.165, 1.54) is 0 Å². The lowest BCUT2D eigenvalue weighted by atomic mass is 9.78. The van der Waals surface area contributed by atoms with E-state index >= 15 is 0 Å². The molecule has 0 saturated carbocycles. The summed E-state index contributed by atoms with van der Waals surface area (Å²) < 4.78 is 1.00. The zero-order valence-corrected chi connectivity index (χ0v) is 12.0. The molecule has 1 N–H and O–H groups in total. The predicted octanol–water partition coefficient (Wildman–Crippen LogP) is 3.32. The largest absolute Gasteiger partial charge is 0.303 e. The van der Waals surface area contributed by atoms with E-state index in [1.807, 2.05) is 24.3 Å². The summed E-state index contributed by atoms with van der Waals surface area (Å²) in [5.41, 5.74) is 1.07. The number of hydrogen-bond donors (Lipinski definition) is 1. The van der Waals surface area contributed by atoms with Gasteiger partial charge in [0.2, 0.25) is 0 Å². The lowest BCUT2D eigenvalue weighted by molar-refractivity contribution is -0.124. The first kappa shape index (κ1) is 12.8. The van der Waals surface area contributed by atoms with Gasteiger partial charge in [0.1, 0.15) is 0 Å². The highest BCUT2D eigenvalue weighted by Crippen LogP contribution is 2.36. The van der Waals surface area contributed by atoms with Crippen LogP contribution < -0.4 is 5.32 Å². The van der Waals surface area contributed by atoms with Gasteiger partial charge in [-0.1, -0.05) is 54.9 Å². The number of hydrogen-bond acceptors (Lipinski definition) is 2. The summed E-state index contributed by atoms with van der Waals surface area (Å²) in [7, 11) is 0. The first-order valence-electron chi connectivity index (χ1n) is 5.93. The van der Waals surface area contributed by atoms with E-state index in [1.54, 1.807) is 0 Å². The van der Waals surface area contributed by atoms with E-state index in [-0.39, 0.29) is 17.4 Å². The van der Waals surface area contributed by atoms with Crippen molar-refractivity contribution in [3.05, 3.63) is 34.3 Å². The number of benzene rings is 1. The third-order valence-corrected chi connectivity index (χ3v) is 4.14. The first-order valence-corrected chi connectivity index (χ1v) is 6.72. The normalized spacial score (nSPS) is 25.3. The molecule has 17 heavy (non-hydrogen) atoms. The number of Topliss-reactive ketones (excluding diaryl/α,β-unsaturated/α-hetero) is 1.